The molecule has 0 saturated heterocycles. The molecule has 68 valence electrons. The van der Waals surface area contributed by atoms with E-state index in [1.807, 2.05) is 19.1 Å². The summed E-state index contributed by atoms with van der Waals surface area (Å²) in [5.41, 5.74) is 1.61. The Bertz CT molecular complexity index is 369. The van der Waals surface area contributed by atoms with Crippen LogP contribution in [-0.4, -0.2) is 12.6 Å². The number of carbonyl (C=O) groups is 1. The number of hydrogen-bond donors (Lipinski definition) is 0. The normalized spacial score (nSPS) is 13.1. The van der Waals surface area contributed by atoms with Gasteiger partial charge in [0, 0.05) is 0 Å². The number of Topliss-reactive ketones (excluding diaryl/α,β-unsaturated/α-hetero) is 1. The molecule has 0 spiro atoms. The van der Waals surface area contributed by atoms with E-state index in [1.54, 1.807) is 0 Å². The van der Waals surface area contributed by atoms with Crippen LogP contribution in [0.1, 0.15) is 22.8 Å². The molecule has 1 aromatic carbocycles. The van der Waals surface area contributed by atoms with E-state index in [2.05, 4.69) is 0 Å². The number of fused-ring (bicyclic) bond motifs is 1. The lowest BCUT2D eigenvalue weighted by atomic mass is 10.1. The number of aryl methyl sites for hydroxylation is 1. The zero-order valence-electron chi connectivity index (χ0n) is 7.59. The van der Waals surface area contributed by atoms with Crippen molar-refractivity contribution in [2.75, 3.05) is 6.79 Å². The number of ketones is 1. The molecule has 3 heteroatoms. The molecule has 0 fully saturated rings. The van der Waals surface area contributed by atoms with Gasteiger partial charge in [-0.1, -0.05) is 0 Å². The minimum Gasteiger partial charge on any atom is -0.454 e. The van der Waals surface area contributed by atoms with Crippen LogP contribution in [0.3, 0.4) is 0 Å². The minimum atomic E-state index is 0.00505. The second-order valence-electron chi connectivity index (χ2n) is 3.10. The molecule has 13 heavy (non-hydrogen) atoms. The van der Waals surface area contributed by atoms with E-state index >= 15 is 0 Å². The van der Waals surface area contributed by atoms with Crippen LogP contribution in [0, 0.1) is 6.92 Å². The second kappa shape index (κ2) is 2.76. The average Bonchev–Trinajstić information content (AvgIpc) is 2.49. The van der Waals surface area contributed by atoms with Gasteiger partial charge in [0.2, 0.25) is 6.79 Å². The highest BCUT2D eigenvalue weighted by Crippen LogP contribution is 2.36. The zero-order chi connectivity index (χ0) is 9.42. The van der Waals surface area contributed by atoms with E-state index in [-0.39, 0.29) is 12.6 Å². The highest BCUT2D eigenvalue weighted by Gasteiger charge is 2.20. The quantitative estimate of drug-likeness (QED) is 0.616. The zero-order valence-corrected chi connectivity index (χ0v) is 7.59. The molecule has 0 radical (unpaired) electrons. The number of benzene rings is 1. The van der Waals surface area contributed by atoms with Crippen molar-refractivity contribution in [3.8, 4) is 11.5 Å². The van der Waals surface area contributed by atoms with E-state index in [1.165, 1.54) is 6.92 Å². The van der Waals surface area contributed by atoms with Crippen LogP contribution in [0.25, 0.3) is 0 Å². The van der Waals surface area contributed by atoms with Crippen LogP contribution >= 0.6 is 0 Å². The van der Waals surface area contributed by atoms with Crippen LogP contribution < -0.4 is 9.47 Å². The van der Waals surface area contributed by atoms with Gasteiger partial charge in [0.1, 0.15) is 0 Å². The van der Waals surface area contributed by atoms with Crippen molar-refractivity contribution in [2.24, 2.45) is 0 Å². The average molecular weight is 178 g/mol. The number of carbonyl (C=O) groups excluding carboxylic acids is 1. The molecule has 0 amide bonds. The van der Waals surface area contributed by atoms with Gasteiger partial charge in [0.05, 0.1) is 5.56 Å². The van der Waals surface area contributed by atoms with Crippen molar-refractivity contribution in [1.82, 2.24) is 0 Å². The fraction of sp³-hybridized carbons (Fsp3) is 0.300. The van der Waals surface area contributed by atoms with Crippen molar-refractivity contribution in [3.63, 3.8) is 0 Å². The fourth-order valence-corrected chi connectivity index (χ4v) is 1.41. The van der Waals surface area contributed by atoms with Crippen molar-refractivity contribution in [1.29, 1.82) is 0 Å². The van der Waals surface area contributed by atoms with E-state index < -0.39 is 0 Å². The topological polar surface area (TPSA) is 35.5 Å². The van der Waals surface area contributed by atoms with Crippen LogP contribution in [0.15, 0.2) is 12.1 Å². The third-order valence-corrected chi connectivity index (χ3v) is 2.00. The monoisotopic (exact) mass is 178 g/mol. The minimum absolute atomic E-state index is 0.00505. The lowest BCUT2D eigenvalue weighted by Crippen LogP contribution is -1.97. The third-order valence-electron chi connectivity index (χ3n) is 2.00. The van der Waals surface area contributed by atoms with Crippen molar-refractivity contribution in [3.05, 3.63) is 23.3 Å². The molecule has 0 unspecified atom stereocenters. The summed E-state index contributed by atoms with van der Waals surface area (Å²) in [7, 11) is 0. The fourth-order valence-electron chi connectivity index (χ4n) is 1.41. The Hall–Kier alpha value is -1.51. The Kier molecular flexibility index (Phi) is 1.72. The molecular formula is C10H10O3. The Morgan fingerprint density at radius 3 is 2.85 bits per heavy atom. The molecule has 1 aromatic rings. The predicted octanol–water partition coefficient (Wildman–Crippen LogP) is 1.93. The smallest absolute Gasteiger partial charge is 0.231 e. The molecule has 2 rings (SSSR count). The van der Waals surface area contributed by atoms with Gasteiger partial charge >= 0.3 is 0 Å². The summed E-state index contributed by atoms with van der Waals surface area (Å²) in [6, 6.07) is 3.69. The molecule has 0 aliphatic carbocycles. The molecule has 0 saturated carbocycles. The van der Waals surface area contributed by atoms with Gasteiger partial charge in [0.25, 0.3) is 0 Å². The summed E-state index contributed by atoms with van der Waals surface area (Å²) < 4.78 is 10.4. The van der Waals surface area contributed by atoms with Gasteiger partial charge in [-0.15, -0.1) is 0 Å². The van der Waals surface area contributed by atoms with Gasteiger partial charge in [-0.25, -0.2) is 0 Å². The predicted molar refractivity (Wildman–Crippen MR) is 47.3 cm³/mol. The first-order chi connectivity index (χ1) is 6.18. The molecule has 1 aliphatic rings. The highest BCUT2D eigenvalue weighted by atomic mass is 16.7. The molecule has 0 bridgehead atoms. The standard InChI is InChI=1S/C10H10O3/c1-6-3-8(7(2)11)10-9(4-6)12-5-13-10/h3-4H,5H2,1-2H3. The SMILES string of the molecule is CC(=O)c1cc(C)cc2c1OCO2. The molecule has 0 aromatic heterocycles. The first-order valence-electron chi connectivity index (χ1n) is 4.09. The first-order valence-corrected chi connectivity index (χ1v) is 4.09. The molecular weight excluding hydrogens is 168 g/mol. The van der Waals surface area contributed by atoms with Gasteiger partial charge in [-0.05, 0) is 31.5 Å². The van der Waals surface area contributed by atoms with E-state index in [0.29, 0.717) is 17.1 Å². The lowest BCUT2D eigenvalue weighted by Gasteiger charge is -2.03. The largest absolute Gasteiger partial charge is 0.454 e. The summed E-state index contributed by atoms with van der Waals surface area (Å²) in [6.45, 7) is 3.66. The maximum Gasteiger partial charge on any atom is 0.231 e. The van der Waals surface area contributed by atoms with Crippen LogP contribution in [0.2, 0.25) is 0 Å². The highest BCUT2D eigenvalue weighted by molar-refractivity contribution is 5.98. The number of hydrogen-bond acceptors (Lipinski definition) is 3. The van der Waals surface area contributed by atoms with Crippen molar-refractivity contribution >= 4 is 5.78 Å². The molecule has 0 atom stereocenters. The molecule has 0 N–H and O–H groups in total. The van der Waals surface area contributed by atoms with Crippen molar-refractivity contribution in [2.45, 2.75) is 13.8 Å². The maximum absolute atomic E-state index is 11.2. The Balaban J connectivity index is 2.62. The van der Waals surface area contributed by atoms with Gasteiger partial charge in [-0.2, -0.15) is 0 Å². The van der Waals surface area contributed by atoms with E-state index in [9.17, 15) is 4.79 Å². The first kappa shape index (κ1) is 8.10. The van der Waals surface area contributed by atoms with Gasteiger partial charge in [-0.3, -0.25) is 4.79 Å². The summed E-state index contributed by atoms with van der Waals surface area (Å²) in [5.74, 6) is 1.26. The molecule has 3 nitrogen and oxygen atoms in total. The second-order valence-corrected chi connectivity index (χ2v) is 3.10. The Labute approximate surface area is 76.3 Å². The van der Waals surface area contributed by atoms with Gasteiger partial charge < -0.3 is 9.47 Å². The van der Waals surface area contributed by atoms with Crippen LogP contribution in [0.5, 0.6) is 11.5 Å². The third kappa shape index (κ3) is 1.26. The summed E-state index contributed by atoms with van der Waals surface area (Å²) in [5, 5.41) is 0. The number of rotatable bonds is 1. The summed E-state index contributed by atoms with van der Waals surface area (Å²) in [4.78, 5) is 11.2. The summed E-state index contributed by atoms with van der Waals surface area (Å²) in [6.07, 6.45) is 0. The molecule has 1 aliphatic heterocycles. The van der Waals surface area contributed by atoms with Gasteiger partial charge in [0.15, 0.2) is 17.3 Å². The number of ether oxygens (including phenoxy) is 2. The molecule has 1 heterocycles. The Morgan fingerprint density at radius 2 is 2.15 bits per heavy atom. The van der Waals surface area contributed by atoms with Crippen LogP contribution in [0.4, 0.5) is 0 Å². The Morgan fingerprint density at radius 1 is 1.38 bits per heavy atom. The van der Waals surface area contributed by atoms with E-state index in [4.69, 9.17) is 9.47 Å². The van der Waals surface area contributed by atoms with Crippen molar-refractivity contribution < 1.29 is 14.3 Å². The maximum atomic E-state index is 11.2. The van der Waals surface area contributed by atoms with E-state index in [0.717, 1.165) is 5.56 Å². The lowest BCUT2D eigenvalue weighted by molar-refractivity contribution is 0.101. The summed E-state index contributed by atoms with van der Waals surface area (Å²) >= 11 is 0. The van der Waals surface area contributed by atoms with Crippen LogP contribution in [-0.2, 0) is 0 Å².